The summed E-state index contributed by atoms with van der Waals surface area (Å²) in [6.45, 7) is 2.18. The van der Waals surface area contributed by atoms with Crippen molar-refractivity contribution in [1.29, 1.82) is 0 Å². The molecular formula is C23H28N8O5. The molecule has 13 heteroatoms. The van der Waals surface area contributed by atoms with Crippen LogP contribution in [-0.2, 0) is 25.6 Å². The zero-order valence-corrected chi connectivity index (χ0v) is 20.2. The number of aryl methyl sites for hydroxylation is 1. The highest BCUT2D eigenvalue weighted by atomic mass is 16.5. The Bertz CT molecular complexity index is 1280. The Labute approximate surface area is 207 Å². The number of anilines is 3. The number of methoxy groups -OCH3 is 2. The van der Waals surface area contributed by atoms with Gasteiger partial charge in [0, 0.05) is 17.7 Å². The summed E-state index contributed by atoms with van der Waals surface area (Å²) in [5.74, 6) is -1.24. The van der Waals surface area contributed by atoms with Crippen molar-refractivity contribution in [3.8, 4) is 0 Å². The zero-order chi connectivity index (χ0) is 26.2. The topological polar surface area (TPSA) is 197 Å². The second-order valence-corrected chi connectivity index (χ2v) is 7.90. The fourth-order valence-electron chi connectivity index (χ4n) is 3.44. The minimum absolute atomic E-state index is 0.0269. The molecule has 1 aromatic carbocycles. The minimum Gasteiger partial charge on any atom is -0.469 e. The molecule has 13 nitrogen and oxygen atoms in total. The van der Waals surface area contributed by atoms with Crippen molar-refractivity contribution < 1.29 is 23.9 Å². The Morgan fingerprint density at radius 2 is 1.86 bits per heavy atom. The van der Waals surface area contributed by atoms with Crippen LogP contribution < -0.4 is 22.1 Å². The van der Waals surface area contributed by atoms with Crippen LogP contribution in [0.4, 0.5) is 17.5 Å². The molecule has 3 rings (SSSR count). The maximum Gasteiger partial charge on any atom is 0.328 e. The van der Waals surface area contributed by atoms with Gasteiger partial charge in [0.1, 0.15) is 6.04 Å². The molecule has 0 fully saturated rings. The highest BCUT2D eigenvalue weighted by molar-refractivity contribution is 5.97. The van der Waals surface area contributed by atoms with E-state index in [1.165, 1.54) is 14.2 Å². The van der Waals surface area contributed by atoms with Gasteiger partial charge in [0.15, 0.2) is 17.0 Å². The summed E-state index contributed by atoms with van der Waals surface area (Å²) < 4.78 is 9.38. The van der Waals surface area contributed by atoms with Crippen molar-refractivity contribution >= 4 is 46.5 Å². The molecule has 6 N–H and O–H groups in total. The van der Waals surface area contributed by atoms with Crippen LogP contribution in [0, 0.1) is 6.92 Å². The quantitative estimate of drug-likeness (QED) is 0.292. The fraction of sp³-hybridized carbons (Fsp3) is 0.348. The van der Waals surface area contributed by atoms with Crippen LogP contribution in [0.5, 0.6) is 0 Å². The Balaban J connectivity index is 1.64. The smallest absolute Gasteiger partial charge is 0.328 e. The molecule has 0 aliphatic rings. The molecule has 36 heavy (non-hydrogen) atoms. The minimum atomic E-state index is -0.886. The van der Waals surface area contributed by atoms with E-state index in [1.807, 2.05) is 6.92 Å². The van der Waals surface area contributed by atoms with Gasteiger partial charge in [-0.1, -0.05) is 0 Å². The molecular weight excluding hydrogens is 468 g/mol. The molecule has 0 aliphatic carbocycles. The lowest BCUT2D eigenvalue weighted by Crippen LogP contribution is -2.41. The first-order chi connectivity index (χ1) is 17.2. The number of carbonyl (C=O) groups excluding carboxylic acids is 3. The van der Waals surface area contributed by atoms with Crippen LogP contribution in [0.3, 0.4) is 0 Å². The monoisotopic (exact) mass is 496 g/mol. The SMILES string of the molecule is COC(=O)CCCC(NC(=O)c1ccc(NCc2cnc3nc(N)nc(N)c3n2)c(C)c1)C(=O)OC. The molecule has 0 spiro atoms. The highest BCUT2D eigenvalue weighted by Crippen LogP contribution is 2.19. The van der Waals surface area contributed by atoms with E-state index in [1.54, 1.807) is 24.4 Å². The third-order valence-corrected chi connectivity index (χ3v) is 5.34. The van der Waals surface area contributed by atoms with Crippen LogP contribution in [0.25, 0.3) is 11.2 Å². The van der Waals surface area contributed by atoms with Gasteiger partial charge in [-0.05, 0) is 43.5 Å². The van der Waals surface area contributed by atoms with E-state index in [0.717, 1.165) is 11.3 Å². The number of nitrogen functional groups attached to an aromatic ring is 2. The Kier molecular flexibility index (Phi) is 8.49. The number of ether oxygens (including phenoxy) is 2. The maximum absolute atomic E-state index is 12.8. The molecule has 1 atom stereocenters. The van der Waals surface area contributed by atoms with Crippen molar-refractivity contribution in [2.75, 3.05) is 31.0 Å². The number of hydrogen-bond acceptors (Lipinski definition) is 12. The van der Waals surface area contributed by atoms with Crippen molar-refractivity contribution in [1.82, 2.24) is 25.3 Å². The summed E-state index contributed by atoms with van der Waals surface area (Å²) in [6.07, 6.45) is 2.29. The molecule has 1 amide bonds. The van der Waals surface area contributed by atoms with Crippen LogP contribution in [-0.4, -0.2) is 58.0 Å². The zero-order valence-electron chi connectivity index (χ0n) is 20.2. The molecule has 2 aromatic heterocycles. The summed E-state index contributed by atoms with van der Waals surface area (Å²) in [7, 11) is 2.53. The number of nitrogens with zero attached hydrogens (tertiary/aromatic N) is 4. The van der Waals surface area contributed by atoms with Crippen LogP contribution in [0.15, 0.2) is 24.4 Å². The van der Waals surface area contributed by atoms with Crippen molar-refractivity contribution in [2.45, 2.75) is 38.8 Å². The van der Waals surface area contributed by atoms with E-state index >= 15 is 0 Å². The van der Waals surface area contributed by atoms with Gasteiger partial charge in [0.25, 0.3) is 5.91 Å². The van der Waals surface area contributed by atoms with E-state index in [2.05, 4.69) is 35.3 Å². The van der Waals surface area contributed by atoms with Gasteiger partial charge >= 0.3 is 11.9 Å². The molecule has 2 heterocycles. The Morgan fingerprint density at radius 1 is 1.08 bits per heavy atom. The largest absolute Gasteiger partial charge is 0.469 e. The molecule has 190 valence electrons. The third-order valence-electron chi connectivity index (χ3n) is 5.34. The van der Waals surface area contributed by atoms with E-state index in [0.29, 0.717) is 35.4 Å². The number of fused-ring (bicyclic) bond motifs is 1. The number of benzene rings is 1. The number of nitrogens with two attached hydrogens (primary N) is 2. The summed E-state index contributed by atoms with van der Waals surface area (Å²) in [5.41, 5.74) is 14.7. The molecule has 1 unspecified atom stereocenters. The first-order valence-corrected chi connectivity index (χ1v) is 11.1. The van der Waals surface area contributed by atoms with Gasteiger partial charge in [-0.15, -0.1) is 0 Å². The molecule has 0 aliphatic heterocycles. The summed E-state index contributed by atoms with van der Waals surface area (Å²) >= 11 is 0. The van der Waals surface area contributed by atoms with Gasteiger partial charge in [0.05, 0.1) is 32.7 Å². The molecule has 0 saturated carbocycles. The highest BCUT2D eigenvalue weighted by Gasteiger charge is 2.22. The van der Waals surface area contributed by atoms with Crippen molar-refractivity contribution in [3.05, 3.63) is 41.2 Å². The van der Waals surface area contributed by atoms with Gasteiger partial charge < -0.3 is 31.6 Å². The lowest BCUT2D eigenvalue weighted by atomic mass is 10.1. The fourth-order valence-corrected chi connectivity index (χ4v) is 3.44. The first-order valence-electron chi connectivity index (χ1n) is 11.1. The van der Waals surface area contributed by atoms with Gasteiger partial charge in [-0.2, -0.15) is 9.97 Å². The Hall–Kier alpha value is -4.55. The van der Waals surface area contributed by atoms with Crippen LogP contribution in [0.1, 0.15) is 40.9 Å². The summed E-state index contributed by atoms with van der Waals surface area (Å²) in [5, 5.41) is 5.91. The summed E-state index contributed by atoms with van der Waals surface area (Å²) in [6, 6.07) is 4.19. The average molecular weight is 497 g/mol. The lowest BCUT2D eigenvalue weighted by molar-refractivity contribution is -0.144. The maximum atomic E-state index is 12.8. The molecule has 3 aromatic rings. The third kappa shape index (κ3) is 6.52. The number of nitrogens with one attached hydrogen (secondary N) is 2. The van der Waals surface area contributed by atoms with Crippen molar-refractivity contribution in [2.24, 2.45) is 0 Å². The number of aromatic nitrogens is 4. The van der Waals surface area contributed by atoms with Crippen LogP contribution >= 0.6 is 0 Å². The number of hydrogen-bond donors (Lipinski definition) is 4. The second-order valence-electron chi connectivity index (χ2n) is 7.90. The second kappa shape index (κ2) is 11.7. The normalized spacial score (nSPS) is 11.5. The molecule has 0 saturated heterocycles. The number of rotatable bonds is 10. The van der Waals surface area contributed by atoms with Gasteiger partial charge in [0.2, 0.25) is 5.95 Å². The number of carbonyl (C=O) groups is 3. The van der Waals surface area contributed by atoms with E-state index in [9.17, 15) is 14.4 Å². The number of amides is 1. The predicted octanol–water partition coefficient (Wildman–Crippen LogP) is 1.12. The van der Waals surface area contributed by atoms with E-state index in [4.69, 9.17) is 16.2 Å². The van der Waals surface area contributed by atoms with Crippen LogP contribution in [0.2, 0.25) is 0 Å². The van der Waals surface area contributed by atoms with Gasteiger partial charge in [-0.25, -0.2) is 14.8 Å². The predicted molar refractivity (Wildman–Crippen MR) is 132 cm³/mol. The Morgan fingerprint density at radius 3 is 2.56 bits per heavy atom. The summed E-state index contributed by atoms with van der Waals surface area (Å²) in [4.78, 5) is 52.8. The van der Waals surface area contributed by atoms with E-state index in [-0.39, 0.29) is 30.6 Å². The van der Waals surface area contributed by atoms with Gasteiger partial charge in [-0.3, -0.25) is 9.59 Å². The standard InChI is InChI=1S/C23H28N8O5/c1-12-9-13(21(33)29-16(22(34)36-3)5-4-6-17(32)35-2)7-8-15(12)26-10-14-11-27-20-18(28-14)19(24)30-23(25)31-20/h7-9,11,16,26H,4-6,10H2,1-3H3,(H,29,33)(H4,24,25,27,30,31). The van der Waals surface area contributed by atoms with Crippen molar-refractivity contribution in [3.63, 3.8) is 0 Å². The molecule has 0 radical (unpaired) electrons. The average Bonchev–Trinajstić information content (AvgIpc) is 2.86. The lowest BCUT2D eigenvalue weighted by Gasteiger charge is -2.17. The first kappa shape index (κ1) is 26.1. The van der Waals surface area contributed by atoms with E-state index < -0.39 is 17.9 Å². The molecule has 0 bridgehead atoms. The number of esters is 2.